The van der Waals surface area contributed by atoms with Crippen LogP contribution < -0.4 is 33.9 Å². The Balaban J connectivity index is 0.000000155. The van der Waals surface area contributed by atoms with Gasteiger partial charge in [-0.2, -0.15) is 8.42 Å². The van der Waals surface area contributed by atoms with Crippen LogP contribution >= 0.6 is 31.9 Å². The molecule has 132 heavy (non-hydrogen) atoms. The SMILES string of the molecule is COC(=O)C[C@@H]1COc2cc(O[C@@H]3CCc4c(-c5c(C)cc(OCCN6CCCC6=O)cc5C)ccc(F)c43)ccc21.COC(=O)C[C@@H]1COc2cc(O[C@@H]3CCc4c(B5OC(C)(C)C(C)(C)O5)ccc(F)c43)ccc21.Cc1cc(O)cc(C)c1Br.Cc1cc(OCCN2CCCC2=O)cc(C)c1Br.Cc1ccc(S(=O)(=O)OCCN2CCCC2=O)cc1.O=C1CCCN1CCO. The van der Waals surface area contributed by atoms with Crippen molar-refractivity contribution in [2.45, 2.75) is 206 Å². The summed E-state index contributed by atoms with van der Waals surface area (Å²) in [6, 6.07) is 35.9. The van der Waals surface area contributed by atoms with Gasteiger partial charge in [-0.05, 0) is 261 Å². The van der Waals surface area contributed by atoms with E-state index >= 15 is 8.78 Å². The van der Waals surface area contributed by atoms with Crippen molar-refractivity contribution >= 4 is 90.1 Å². The molecule has 708 valence electrons. The molecular formula is C101H121BBr2F2N4O21S. The largest absolute Gasteiger partial charge is 0.508 e. The summed E-state index contributed by atoms with van der Waals surface area (Å²) in [7, 11) is -1.50. The lowest BCUT2D eigenvalue weighted by Gasteiger charge is -2.32. The number of halogens is 4. The highest BCUT2D eigenvalue weighted by Crippen LogP contribution is 2.48. The molecule has 8 aromatic rings. The number of nitrogens with zero attached hydrogens (tertiary/aromatic N) is 4. The number of aromatic hydroxyl groups is 1. The predicted octanol–water partition coefficient (Wildman–Crippen LogP) is 17.2. The summed E-state index contributed by atoms with van der Waals surface area (Å²) in [6.45, 7) is 29.3. The molecule has 8 aromatic carbocycles. The van der Waals surface area contributed by atoms with Crippen molar-refractivity contribution in [3.05, 3.63) is 214 Å². The van der Waals surface area contributed by atoms with Crippen LogP contribution in [-0.4, -0.2) is 198 Å². The van der Waals surface area contributed by atoms with Gasteiger partial charge in [-0.25, -0.2) is 8.78 Å². The number of carbonyl (C=O) groups excluding carboxylic acids is 6. The van der Waals surface area contributed by atoms with Gasteiger partial charge in [-0.1, -0.05) is 73.8 Å². The Kier molecular flexibility index (Phi) is 34.6. The molecule has 0 aromatic heterocycles. The third kappa shape index (κ3) is 25.3. The molecule has 2 N–H and O–H groups in total. The molecule has 2 aliphatic carbocycles. The number of likely N-dealkylation sites (tertiary alicyclic amines) is 4. The number of ether oxygens (including phenoxy) is 8. The van der Waals surface area contributed by atoms with Crippen LogP contribution in [0.1, 0.15) is 201 Å². The molecule has 7 heterocycles. The van der Waals surface area contributed by atoms with Crippen molar-refractivity contribution < 1.29 is 108 Å². The summed E-state index contributed by atoms with van der Waals surface area (Å²) < 4.78 is 119. The minimum Gasteiger partial charge on any atom is -0.508 e. The molecule has 9 aliphatic rings. The van der Waals surface area contributed by atoms with E-state index in [1.54, 1.807) is 40.1 Å². The summed E-state index contributed by atoms with van der Waals surface area (Å²) in [5.74, 6) is 4.10. The van der Waals surface area contributed by atoms with Crippen LogP contribution in [0, 0.1) is 60.1 Å². The van der Waals surface area contributed by atoms with Gasteiger partial charge in [0.05, 0.1) is 82.7 Å². The van der Waals surface area contributed by atoms with Gasteiger partial charge in [0.15, 0.2) is 0 Å². The highest BCUT2D eigenvalue weighted by Gasteiger charge is 2.53. The Bertz CT molecular complexity index is 5540. The number of aryl methyl sites for hydroxylation is 7. The van der Waals surface area contributed by atoms with Crippen molar-refractivity contribution in [2.75, 3.05) is 106 Å². The minimum absolute atomic E-state index is 0.00193. The van der Waals surface area contributed by atoms with E-state index in [2.05, 4.69) is 45.7 Å². The summed E-state index contributed by atoms with van der Waals surface area (Å²) in [5.41, 5.74) is 14.6. The van der Waals surface area contributed by atoms with Gasteiger partial charge in [0.2, 0.25) is 23.6 Å². The van der Waals surface area contributed by atoms with Crippen molar-refractivity contribution in [3.63, 3.8) is 0 Å². The zero-order valence-corrected chi connectivity index (χ0v) is 81.6. The topological polar surface area (TPSA) is 292 Å². The number of carbonyl (C=O) groups is 6. The molecule has 5 fully saturated rings. The molecule has 17 rings (SSSR count). The van der Waals surface area contributed by atoms with E-state index in [0.717, 1.165) is 132 Å². The zero-order valence-electron chi connectivity index (χ0n) is 77.6. The molecule has 31 heteroatoms. The number of methoxy groups -OCH3 is 2. The number of hydrogen-bond donors (Lipinski definition) is 2. The zero-order chi connectivity index (χ0) is 95.0. The molecule has 0 saturated carbocycles. The van der Waals surface area contributed by atoms with E-state index in [1.807, 2.05) is 139 Å². The van der Waals surface area contributed by atoms with Crippen LogP contribution in [-0.2, 0) is 74.7 Å². The van der Waals surface area contributed by atoms with Gasteiger partial charge in [0, 0.05) is 120 Å². The first-order valence-electron chi connectivity index (χ1n) is 45.2. The lowest BCUT2D eigenvalue weighted by Crippen LogP contribution is -2.41. The van der Waals surface area contributed by atoms with Gasteiger partial charge in [-0.15, -0.1) is 0 Å². The van der Waals surface area contributed by atoms with Gasteiger partial charge < -0.3 is 77.0 Å². The number of aliphatic hydroxyl groups excluding tert-OH is 1. The average Bonchev–Trinajstić information content (AvgIpc) is 1.59. The summed E-state index contributed by atoms with van der Waals surface area (Å²) in [6.07, 6.45) is 8.64. The summed E-state index contributed by atoms with van der Waals surface area (Å²) in [4.78, 5) is 76.1. The third-order valence-corrected chi connectivity index (χ3v) is 29.3. The van der Waals surface area contributed by atoms with Crippen LogP contribution in [0.2, 0.25) is 0 Å². The number of aliphatic hydroxyl groups is 1. The van der Waals surface area contributed by atoms with Crippen molar-refractivity contribution in [1.82, 2.24) is 19.6 Å². The second-order valence-electron chi connectivity index (χ2n) is 35.5. The molecule has 4 amide bonds. The van der Waals surface area contributed by atoms with Gasteiger partial charge in [0.1, 0.15) is 77.3 Å². The smallest absolute Gasteiger partial charge is 0.495 e. The first-order valence-corrected chi connectivity index (χ1v) is 48.2. The first kappa shape index (κ1) is 101. The maximum absolute atomic E-state index is 15.3. The van der Waals surface area contributed by atoms with E-state index in [4.69, 9.17) is 61.6 Å². The molecule has 0 bridgehead atoms. The number of phenols is 1. The number of rotatable bonds is 25. The normalized spacial score (nSPS) is 18.6. The fraction of sp³-hybridized carbons (Fsp3) is 0.465. The molecule has 5 saturated heterocycles. The molecule has 7 aliphatic heterocycles. The van der Waals surface area contributed by atoms with Crippen LogP contribution in [0.15, 0.2) is 135 Å². The van der Waals surface area contributed by atoms with Gasteiger partial charge in [0.25, 0.3) is 10.1 Å². The highest BCUT2D eigenvalue weighted by molar-refractivity contribution is 9.11. The van der Waals surface area contributed by atoms with Crippen molar-refractivity contribution in [1.29, 1.82) is 0 Å². The van der Waals surface area contributed by atoms with E-state index in [1.165, 1.54) is 49.6 Å². The average molecular weight is 1970 g/mol. The number of benzene rings is 8. The van der Waals surface area contributed by atoms with Crippen LogP contribution in [0.4, 0.5) is 8.78 Å². The fourth-order valence-corrected chi connectivity index (χ4v) is 19.1. The number of amides is 4. The molecule has 0 unspecified atom stereocenters. The van der Waals surface area contributed by atoms with E-state index in [0.29, 0.717) is 150 Å². The Labute approximate surface area is 790 Å². The summed E-state index contributed by atoms with van der Waals surface area (Å²) >= 11 is 6.94. The Morgan fingerprint density at radius 3 is 1.33 bits per heavy atom. The third-order valence-electron chi connectivity index (χ3n) is 25.5. The Morgan fingerprint density at radius 1 is 0.500 bits per heavy atom. The van der Waals surface area contributed by atoms with Gasteiger partial charge >= 0.3 is 19.1 Å². The Hall–Kier alpha value is -10.1. The number of hydrogen-bond acceptors (Lipinski definition) is 21. The second-order valence-corrected chi connectivity index (χ2v) is 38.7. The number of β-amino-alcohol motifs (C(OH)–C–C–N with tert-alkyl or cyclic N) is 1. The van der Waals surface area contributed by atoms with Gasteiger partial charge in [-0.3, -0.25) is 33.0 Å². The number of esters is 2. The number of phenolic OH excluding ortho intramolecular Hbond substituents is 1. The van der Waals surface area contributed by atoms with Crippen molar-refractivity contribution in [3.8, 4) is 51.4 Å². The standard InChI is InChI=1S/C34H36FNO6.C26H30BFO6.C14H18BrNO2.C13H17NO4S.C8H9BrO.C6H11NO2/c1-20-15-24(40-14-13-36-12-4-5-31(36)37)16-21(2)33(20)26-8-10-28(35)34-27(26)9-11-29(34)42-23-6-7-25-22(17-32(38)39-3)19-41-30(25)18-23;1-25(2)26(3,4)34-27(33-25)19-9-10-20(28)24-18(19)8-11-21(24)32-16-6-7-17-15(12-23(29)30-5)14-31-22(17)13-16;1-10-8-12(9-11(2)14(10)15)18-7-6-16-5-3-4-13(16)17;1-11-4-6-12(7-5-11)19(16,17)18-10-9-14-8-2-3-13(14)15;1-5-3-7(10)4-6(2)8(5)9;8-5-4-7-3-1-2-6(7)9/h6-8,10,15-16,18,22,29H,4-5,9,11-14,17,19H2,1-3H3;6-7,9-10,13,15,21H,8,11-12,14H2,1-5H3;8-9H,3-7H2,1-2H3;4-7H,2-3,8-10H2,1H3;3-4,10H,1-2H3;8H,1-5H2/t22-,29-;15-,21-;;;;/m11..../s1. The molecule has 0 spiro atoms. The first-order chi connectivity index (χ1) is 62.9. The van der Waals surface area contributed by atoms with Crippen molar-refractivity contribution in [2.24, 2.45) is 0 Å². The highest BCUT2D eigenvalue weighted by atomic mass is 79.9. The number of fused-ring (bicyclic) bond motifs is 4. The predicted molar refractivity (Wildman–Crippen MR) is 504 cm³/mol. The molecule has 0 radical (unpaired) electrons. The minimum atomic E-state index is -3.72. The lowest BCUT2D eigenvalue weighted by molar-refractivity contribution is -0.142. The second kappa shape index (κ2) is 45.3. The van der Waals surface area contributed by atoms with E-state index < -0.39 is 40.6 Å². The van der Waals surface area contributed by atoms with E-state index in [9.17, 15) is 37.2 Å². The lowest BCUT2D eigenvalue weighted by atomic mass is 9.75. The summed E-state index contributed by atoms with van der Waals surface area (Å²) in [5, 5.41) is 17.5. The quantitative estimate of drug-likeness (QED) is 0.0305. The molecular weight excluding hydrogens is 1850 g/mol. The fourth-order valence-electron chi connectivity index (χ4n) is 17.7. The molecule has 25 nitrogen and oxygen atoms in total. The monoisotopic (exact) mass is 1960 g/mol. The van der Waals surface area contributed by atoms with Crippen LogP contribution in [0.5, 0.6) is 40.2 Å². The Morgan fingerprint density at radius 2 is 0.902 bits per heavy atom. The van der Waals surface area contributed by atoms with Crippen LogP contribution in [0.25, 0.3) is 11.1 Å². The van der Waals surface area contributed by atoms with Crippen LogP contribution in [0.3, 0.4) is 0 Å². The maximum Gasteiger partial charge on any atom is 0.495 e. The maximum atomic E-state index is 15.3. The molecule has 4 atom stereocenters. The van der Waals surface area contributed by atoms with E-state index in [-0.39, 0.29) is 90.0 Å².